The fourth-order valence-corrected chi connectivity index (χ4v) is 5.56. The second kappa shape index (κ2) is 11.3. The average molecular weight is 465 g/mol. The maximum absolute atomic E-state index is 4.64. The van der Waals surface area contributed by atoms with E-state index in [2.05, 4.69) is 91.4 Å². The zero-order chi connectivity index (χ0) is 24.1. The Morgan fingerprint density at radius 1 is 1.12 bits per heavy atom. The molecule has 178 valence electrons. The first-order valence-electron chi connectivity index (χ1n) is 12.2. The molecule has 5 heteroatoms. The van der Waals surface area contributed by atoms with Crippen LogP contribution in [-0.2, 0) is 0 Å². The molecule has 1 N–H and O–H groups in total. The van der Waals surface area contributed by atoms with Crippen molar-refractivity contribution in [3.63, 3.8) is 0 Å². The fourth-order valence-electron chi connectivity index (χ4n) is 4.60. The first-order valence-corrected chi connectivity index (χ1v) is 13.0. The molecule has 3 heterocycles. The molecule has 1 aromatic heterocycles. The van der Waals surface area contributed by atoms with Crippen molar-refractivity contribution in [1.82, 2.24) is 14.8 Å². The average Bonchev–Trinajstić information content (AvgIpc) is 2.98. The zero-order valence-corrected chi connectivity index (χ0v) is 22.0. The molecule has 2 aliphatic heterocycles. The number of thioether (sulfide) groups is 1. The Morgan fingerprint density at radius 3 is 2.39 bits per heavy atom. The number of hydrogen-bond acceptors (Lipinski definition) is 5. The van der Waals surface area contributed by atoms with Crippen LogP contribution in [0.3, 0.4) is 0 Å². The number of aromatic nitrogens is 1. The molecule has 0 amide bonds. The van der Waals surface area contributed by atoms with E-state index < -0.39 is 0 Å². The van der Waals surface area contributed by atoms with Gasteiger partial charge >= 0.3 is 0 Å². The Morgan fingerprint density at radius 2 is 1.79 bits per heavy atom. The number of fused-ring (bicyclic) bond motifs is 3. The van der Waals surface area contributed by atoms with E-state index in [1.807, 2.05) is 20.0 Å². The molecule has 4 rings (SSSR count). The lowest BCUT2D eigenvalue weighted by Crippen LogP contribution is -2.51. The lowest BCUT2D eigenvalue weighted by molar-refractivity contribution is 0.113. The van der Waals surface area contributed by atoms with Crippen molar-refractivity contribution in [2.24, 2.45) is 5.92 Å². The van der Waals surface area contributed by atoms with E-state index in [0.717, 1.165) is 35.0 Å². The Kier molecular flexibility index (Phi) is 8.66. The molecular formula is C28H40N4S. The first-order chi connectivity index (χ1) is 15.8. The number of rotatable bonds is 7. The van der Waals surface area contributed by atoms with E-state index in [0.29, 0.717) is 18.0 Å². The Bertz CT molecular complexity index is 1010. The van der Waals surface area contributed by atoms with Gasteiger partial charge in [-0.15, -0.1) is 0 Å². The summed E-state index contributed by atoms with van der Waals surface area (Å²) in [5.41, 5.74) is 1.22. The molecule has 0 aliphatic carbocycles. The molecule has 2 saturated heterocycles. The van der Waals surface area contributed by atoms with Crippen molar-refractivity contribution in [2.45, 2.75) is 59.5 Å². The van der Waals surface area contributed by atoms with Gasteiger partial charge < -0.3 is 10.2 Å². The summed E-state index contributed by atoms with van der Waals surface area (Å²) >= 11 is 1.74. The van der Waals surface area contributed by atoms with Crippen LogP contribution in [0, 0.1) is 5.92 Å². The van der Waals surface area contributed by atoms with E-state index in [-0.39, 0.29) is 0 Å². The van der Waals surface area contributed by atoms with Crippen LogP contribution < -0.4 is 5.32 Å². The van der Waals surface area contributed by atoms with Crippen LogP contribution in [0.5, 0.6) is 0 Å². The molecule has 4 nitrogen and oxygen atoms in total. The van der Waals surface area contributed by atoms with Gasteiger partial charge in [0, 0.05) is 41.7 Å². The van der Waals surface area contributed by atoms with Crippen molar-refractivity contribution in [3.8, 4) is 0 Å². The number of piperazine rings is 1. The monoisotopic (exact) mass is 464 g/mol. The maximum Gasteiger partial charge on any atom is 0.131 e. The molecule has 0 spiro atoms. The summed E-state index contributed by atoms with van der Waals surface area (Å²) in [4.78, 5) is 11.9. The van der Waals surface area contributed by atoms with Gasteiger partial charge in [0.15, 0.2) is 0 Å². The molecule has 0 radical (unpaired) electrons. The third kappa shape index (κ3) is 6.21. The third-order valence-corrected chi connectivity index (χ3v) is 7.22. The lowest BCUT2D eigenvalue weighted by Gasteiger charge is -2.40. The molecule has 1 aromatic carbocycles. The molecule has 2 fully saturated rings. The van der Waals surface area contributed by atoms with Crippen molar-refractivity contribution < 1.29 is 0 Å². The number of likely N-dealkylation sites (tertiary alicyclic amines) is 1. The van der Waals surface area contributed by atoms with Crippen molar-refractivity contribution in [2.75, 3.05) is 25.5 Å². The number of allylic oxidation sites excluding steroid dienone is 2. The van der Waals surface area contributed by atoms with Crippen LogP contribution in [0.25, 0.3) is 15.7 Å². The molecule has 2 aromatic rings. The standard InChI is InChI=1S/C26H34N4S.C2H6/c1-17(2)11-25(31-18(3)4)20-7-8-21-14-27-26(13-22(21)12-20)28-19(5)30-15-23-9-10-24(16-30)29(23)6;1-2/h7-8,11-14,17,23-24H,3,5,9-10,15-16H2,1-2,4,6H3,(H,27,28);1-2H3/b25-11-;. The summed E-state index contributed by atoms with van der Waals surface area (Å²) in [6.07, 6.45) is 6.83. The van der Waals surface area contributed by atoms with E-state index in [9.17, 15) is 0 Å². The lowest BCUT2D eigenvalue weighted by atomic mass is 10.1. The second-order valence-electron chi connectivity index (χ2n) is 9.24. The first kappa shape index (κ1) is 25.4. The third-order valence-electron chi connectivity index (χ3n) is 6.28. The summed E-state index contributed by atoms with van der Waals surface area (Å²) in [5.74, 6) is 2.28. The summed E-state index contributed by atoms with van der Waals surface area (Å²) in [6.45, 7) is 21.0. The topological polar surface area (TPSA) is 31.4 Å². The number of benzene rings is 1. The number of likely N-dealkylation sites (N-methyl/N-ethyl adjacent to an activating group) is 1. The van der Waals surface area contributed by atoms with Gasteiger partial charge in [0.1, 0.15) is 5.82 Å². The minimum atomic E-state index is 0.481. The van der Waals surface area contributed by atoms with Gasteiger partial charge in [0.25, 0.3) is 0 Å². The number of anilines is 1. The number of nitrogens with zero attached hydrogens (tertiary/aromatic N) is 3. The van der Waals surface area contributed by atoms with E-state index in [4.69, 9.17) is 0 Å². The summed E-state index contributed by atoms with van der Waals surface area (Å²) in [7, 11) is 2.26. The highest BCUT2D eigenvalue weighted by atomic mass is 32.2. The predicted molar refractivity (Wildman–Crippen MR) is 147 cm³/mol. The van der Waals surface area contributed by atoms with Gasteiger partial charge in [-0.05, 0) is 60.7 Å². The van der Waals surface area contributed by atoms with Gasteiger partial charge in [-0.25, -0.2) is 4.98 Å². The molecule has 2 unspecified atom stereocenters. The molecule has 2 bridgehead atoms. The van der Waals surface area contributed by atoms with Crippen LogP contribution in [0.15, 0.2) is 60.4 Å². The van der Waals surface area contributed by atoms with Crippen molar-refractivity contribution in [3.05, 3.63) is 66.0 Å². The number of nitrogens with one attached hydrogen (secondary N) is 1. The SMILES string of the molecule is C=C(C)S/C(=C\C(C)C)c1ccc2cnc(NC(=C)N3CC4CCC(C3)N4C)cc2c1.CC. The molecule has 33 heavy (non-hydrogen) atoms. The summed E-state index contributed by atoms with van der Waals surface area (Å²) in [6, 6.07) is 10.0. The van der Waals surface area contributed by atoms with Crippen LogP contribution in [0.1, 0.15) is 53.0 Å². The molecule has 0 saturated carbocycles. The van der Waals surface area contributed by atoms with Crippen molar-refractivity contribution in [1.29, 1.82) is 0 Å². The smallest absolute Gasteiger partial charge is 0.131 e. The van der Waals surface area contributed by atoms with Gasteiger partial charge in [0.05, 0.1) is 5.82 Å². The normalized spacial score (nSPS) is 20.6. The predicted octanol–water partition coefficient (Wildman–Crippen LogP) is 7.19. The Hall–Kier alpha value is -2.24. The van der Waals surface area contributed by atoms with Gasteiger partial charge in [-0.3, -0.25) is 4.90 Å². The highest BCUT2D eigenvalue weighted by Crippen LogP contribution is 2.35. The van der Waals surface area contributed by atoms with Gasteiger partial charge in [-0.1, -0.05) is 70.8 Å². The second-order valence-corrected chi connectivity index (χ2v) is 10.6. The van der Waals surface area contributed by atoms with Gasteiger partial charge in [-0.2, -0.15) is 0 Å². The fraction of sp³-hybridized carbons (Fsp3) is 0.464. The minimum Gasteiger partial charge on any atom is -0.355 e. The highest BCUT2D eigenvalue weighted by molar-refractivity contribution is 8.11. The minimum absolute atomic E-state index is 0.481. The highest BCUT2D eigenvalue weighted by Gasteiger charge is 2.37. The van der Waals surface area contributed by atoms with Crippen LogP contribution in [-0.4, -0.2) is 47.0 Å². The quantitative estimate of drug-likeness (QED) is 0.469. The molecular weight excluding hydrogens is 424 g/mol. The maximum atomic E-state index is 4.64. The summed E-state index contributed by atoms with van der Waals surface area (Å²) < 4.78 is 0. The van der Waals surface area contributed by atoms with Crippen LogP contribution in [0.2, 0.25) is 0 Å². The Labute approximate surface area is 204 Å². The van der Waals surface area contributed by atoms with Crippen LogP contribution >= 0.6 is 11.8 Å². The zero-order valence-electron chi connectivity index (χ0n) is 21.2. The largest absolute Gasteiger partial charge is 0.355 e. The van der Waals surface area contributed by atoms with E-state index in [1.165, 1.54) is 28.7 Å². The van der Waals surface area contributed by atoms with Crippen molar-refractivity contribution >= 4 is 33.3 Å². The Balaban J connectivity index is 0.00000149. The van der Waals surface area contributed by atoms with Gasteiger partial charge in [0.2, 0.25) is 0 Å². The van der Waals surface area contributed by atoms with E-state index >= 15 is 0 Å². The molecule has 2 aliphatic rings. The number of pyridine rings is 1. The number of hydrogen-bond donors (Lipinski definition) is 1. The summed E-state index contributed by atoms with van der Waals surface area (Å²) in [5, 5.41) is 5.79. The van der Waals surface area contributed by atoms with Crippen LogP contribution in [0.4, 0.5) is 5.82 Å². The van der Waals surface area contributed by atoms with E-state index in [1.54, 1.807) is 11.8 Å². The molecule has 2 atom stereocenters.